The lowest BCUT2D eigenvalue weighted by atomic mass is 10.00. The summed E-state index contributed by atoms with van der Waals surface area (Å²) in [7, 11) is 1.64. The van der Waals surface area contributed by atoms with Gasteiger partial charge in [0, 0.05) is 27.4 Å². The van der Waals surface area contributed by atoms with Gasteiger partial charge in [-0.3, -0.25) is 4.79 Å². The number of fused-ring (bicyclic) bond motifs is 3. The Labute approximate surface area is 117 Å². The monoisotopic (exact) mass is 267 g/mol. The Kier molecular flexibility index (Phi) is 2.78. The van der Waals surface area contributed by atoms with Crippen LogP contribution in [-0.2, 0) is 0 Å². The van der Waals surface area contributed by atoms with Gasteiger partial charge in [0.2, 0.25) is 0 Å². The minimum absolute atomic E-state index is 0.0594. The van der Waals surface area contributed by atoms with Crippen molar-refractivity contribution in [1.29, 1.82) is 0 Å². The van der Waals surface area contributed by atoms with E-state index in [0.29, 0.717) is 0 Å². The van der Waals surface area contributed by atoms with E-state index in [1.54, 1.807) is 14.0 Å². The molecule has 0 saturated heterocycles. The molecular weight excluding hydrogens is 250 g/mol. The summed E-state index contributed by atoms with van der Waals surface area (Å²) in [4.78, 5) is 15.2. The van der Waals surface area contributed by atoms with Crippen LogP contribution in [0.1, 0.15) is 28.4 Å². The number of hydrogen-bond acceptors (Lipinski definition) is 2. The maximum atomic E-state index is 11.8. The fraction of sp³-hybridized carbons (Fsp3) is 0.235. The third-order valence-electron chi connectivity index (χ3n) is 3.84. The molecule has 0 aliphatic heterocycles. The van der Waals surface area contributed by atoms with Crippen molar-refractivity contribution in [2.45, 2.75) is 20.8 Å². The number of methoxy groups -OCH3 is 1. The normalized spacial score (nSPS) is 11.2. The van der Waals surface area contributed by atoms with E-state index in [9.17, 15) is 4.79 Å². The van der Waals surface area contributed by atoms with Crippen molar-refractivity contribution < 1.29 is 9.53 Å². The van der Waals surface area contributed by atoms with Gasteiger partial charge in [0.1, 0.15) is 5.75 Å². The van der Waals surface area contributed by atoms with Gasteiger partial charge in [0.15, 0.2) is 5.78 Å². The van der Waals surface area contributed by atoms with E-state index in [1.807, 2.05) is 13.0 Å². The molecule has 1 N–H and O–H groups in total. The van der Waals surface area contributed by atoms with E-state index in [0.717, 1.165) is 38.7 Å². The Hall–Kier alpha value is -2.29. The number of nitrogens with one attached hydrogen (secondary N) is 1. The molecule has 1 heterocycles. The molecule has 0 spiro atoms. The van der Waals surface area contributed by atoms with Crippen LogP contribution in [0.15, 0.2) is 24.3 Å². The summed E-state index contributed by atoms with van der Waals surface area (Å²) in [6.45, 7) is 5.58. The van der Waals surface area contributed by atoms with Gasteiger partial charge in [-0.1, -0.05) is 12.1 Å². The van der Waals surface area contributed by atoms with Gasteiger partial charge in [-0.25, -0.2) is 0 Å². The Morgan fingerprint density at radius 3 is 2.55 bits per heavy atom. The summed E-state index contributed by atoms with van der Waals surface area (Å²) in [6, 6.07) is 8.23. The fourth-order valence-electron chi connectivity index (χ4n) is 2.85. The molecule has 1 aromatic heterocycles. The number of aryl methyl sites for hydroxylation is 1. The number of Topliss-reactive ketones (excluding diaryl/α,β-unsaturated/α-hetero) is 1. The summed E-state index contributed by atoms with van der Waals surface area (Å²) in [6.07, 6.45) is 0. The molecule has 3 nitrogen and oxygen atoms in total. The van der Waals surface area contributed by atoms with Gasteiger partial charge in [-0.2, -0.15) is 0 Å². The van der Waals surface area contributed by atoms with Crippen LogP contribution in [0.25, 0.3) is 21.8 Å². The third-order valence-corrected chi connectivity index (χ3v) is 3.84. The lowest BCUT2D eigenvalue weighted by Gasteiger charge is -2.10. The van der Waals surface area contributed by atoms with Gasteiger partial charge in [0.25, 0.3) is 0 Å². The first-order valence-corrected chi connectivity index (χ1v) is 6.63. The van der Waals surface area contributed by atoms with Gasteiger partial charge < -0.3 is 9.72 Å². The van der Waals surface area contributed by atoms with Crippen molar-refractivity contribution >= 4 is 27.6 Å². The molecule has 2 aromatic carbocycles. The molecule has 0 amide bonds. The lowest BCUT2D eigenvalue weighted by molar-refractivity contribution is 0.101. The molecule has 3 heteroatoms. The second-order valence-corrected chi connectivity index (χ2v) is 5.24. The zero-order valence-electron chi connectivity index (χ0n) is 12.1. The second-order valence-electron chi connectivity index (χ2n) is 5.24. The molecule has 0 saturated carbocycles. The molecule has 102 valence electrons. The van der Waals surface area contributed by atoms with Gasteiger partial charge in [-0.05, 0) is 38.5 Å². The fourth-order valence-corrected chi connectivity index (χ4v) is 2.85. The summed E-state index contributed by atoms with van der Waals surface area (Å²) in [5.74, 6) is 0.811. The van der Waals surface area contributed by atoms with Crippen molar-refractivity contribution in [1.82, 2.24) is 4.98 Å². The average Bonchev–Trinajstić information content (AvgIpc) is 2.74. The molecule has 0 fully saturated rings. The molecule has 0 aliphatic rings. The highest BCUT2D eigenvalue weighted by Gasteiger charge is 2.17. The minimum Gasteiger partial charge on any atom is -0.494 e. The van der Waals surface area contributed by atoms with Crippen molar-refractivity contribution in [2.24, 2.45) is 0 Å². The molecule has 0 unspecified atom stereocenters. The highest BCUT2D eigenvalue weighted by molar-refractivity contribution is 6.13. The quantitative estimate of drug-likeness (QED) is 0.709. The zero-order valence-corrected chi connectivity index (χ0v) is 12.1. The maximum absolute atomic E-state index is 11.8. The predicted molar refractivity (Wildman–Crippen MR) is 81.8 cm³/mol. The largest absolute Gasteiger partial charge is 0.494 e. The molecule has 0 radical (unpaired) electrons. The summed E-state index contributed by atoms with van der Waals surface area (Å²) in [5, 5.41) is 2.15. The number of ketones is 1. The molecule has 0 bridgehead atoms. The lowest BCUT2D eigenvalue weighted by Crippen LogP contribution is -1.99. The number of carbonyl (C=O) groups excluding carboxylic acids is 1. The molecule has 0 aliphatic carbocycles. The first-order valence-electron chi connectivity index (χ1n) is 6.63. The number of aromatic nitrogens is 1. The molecular formula is C17H17NO2. The minimum atomic E-state index is 0.0594. The number of hydrogen-bond donors (Lipinski definition) is 1. The smallest absolute Gasteiger partial charge is 0.160 e. The van der Waals surface area contributed by atoms with Crippen LogP contribution in [0.5, 0.6) is 5.75 Å². The van der Waals surface area contributed by atoms with Crippen LogP contribution >= 0.6 is 0 Å². The van der Waals surface area contributed by atoms with Crippen LogP contribution in [-0.4, -0.2) is 17.9 Å². The Bertz CT molecular complexity index is 843. The van der Waals surface area contributed by atoms with Crippen LogP contribution in [0, 0.1) is 13.8 Å². The molecule has 0 atom stereocenters. The van der Waals surface area contributed by atoms with E-state index < -0.39 is 0 Å². The van der Waals surface area contributed by atoms with Crippen LogP contribution in [0.3, 0.4) is 0 Å². The zero-order chi connectivity index (χ0) is 14.4. The Morgan fingerprint density at radius 2 is 1.90 bits per heavy atom. The SMILES string of the molecule is COc1c(C)c(C(C)=O)cc2c1[nH]c1cc(C)ccc12. The summed E-state index contributed by atoms with van der Waals surface area (Å²) in [5.41, 5.74) is 4.83. The summed E-state index contributed by atoms with van der Waals surface area (Å²) < 4.78 is 5.53. The van der Waals surface area contributed by atoms with E-state index >= 15 is 0 Å². The van der Waals surface area contributed by atoms with Crippen LogP contribution in [0.4, 0.5) is 0 Å². The van der Waals surface area contributed by atoms with Crippen molar-refractivity contribution in [3.63, 3.8) is 0 Å². The van der Waals surface area contributed by atoms with Gasteiger partial charge in [-0.15, -0.1) is 0 Å². The van der Waals surface area contributed by atoms with Crippen molar-refractivity contribution in [2.75, 3.05) is 7.11 Å². The Morgan fingerprint density at radius 1 is 1.15 bits per heavy atom. The van der Waals surface area contributed by atoms with Crippen molar-refractivity contribution in [3.05, 3.63) is 41.0 Å². The van der Waals surface area contributed by atoms with E-state index in [4.69, 9.17) is 4.74 Å². The summed E-state index contributed by atoms with van der Waals surface area (Å²) >= 11 is 0. The van der Waals surface area contributed by atoms with E-state index in [-0.39, 0.29) is 5.78 Å². The first-order chi connectivity index (χ1) is 9.52. The molecule has 3 rings (SSSR count). The van der Waals surface area contributed by atoms with Gasteiger partial charge in [0.05, 0.1) is 12.6 Å². The number of rotatable bonds is 2. The highest BCUT2D eigenvalue weighted by atomic mass is 16.5. The van der Waals surface area contributed by atoms with E-state index in [1.165, 1.54) is 5.56 Å². The highest BCUT2D eigenvalue weighted by Crippen LogP contribution is 2.36. The number of ether oxygens (including phenoxy) is 1. The third kappa shape index (κ3) is 1.70. The number of benzene rings is 2. The number of carbonyl (C=O) groups is 1. The topological polar surface area (TPSA) is 42.1 Å². The first kappa shape index (κ1) is 12.7. The second kappa shape index (κ2) is 4.37. The predicted octanol–water partition coefficient (Wildman–Crippen LogP) is 4.15. The molecule has 3 aromatic rings. The van der Waals surface area contributed by atoms with Gasteiger partial charge >= 0.3 is 0 Å². The number of H-pyrrole nitrogens is 1. The standard InChI is InChI=1S/C17H17NO2/c1-9-5-6-12-14-8-13(11(3)19)10(2)17(20-4)16(14)18-15(12)7-9/h5-8,18H,1-4H3. The number of aromatic amines is 1. The Balaban J connectivity index is 2.52. The van der Waals surface area contributed by atoms with Crippen LogP contribution < -0.4 is 4.74 Å². The van der Waals surface area contributed by atoms with Crippen LogP contribution in [0.2, 0.25) is 0 Å². The maximum Gasteiger partial charge on any atom is 0.160 e. The van der Waals surface area contributed by atoms with Crippen molar-refractivity contribution in [3.8, 4) is 5.75 Å². The molecule has 20 heavy (non-hydrogen) atoms. The average molecular weight is 267 g/mol. The van der Waals surface area contributed by atoms with E-state index in [2.05, 4.69) is 30.1 Å².